The monoisotopic (exact) mass is 253 g/mol. The molecule has 0 aromatic heterocycles. The van der Waals surface area contributed by atoms with Gasteiger partial charge in [-0.15, -0.1) is 0 Å². The number of carbonyl (C=O) groups is 1. The molecule has 1 fully saturated rings. The van der Waals surface area contributed by atoms with Crippen molar-refractivity contribution in [2.75, 3.05) is 12.3 Å². The van der Waals surface area contributed by atoms with E-state index in [2.05, 4.69) is 22.5 Å². The Labute approximate surface area is 106 Å². The van der Waals surface area contributed by atoms with Gasteiger partial charge in [0.05, 0.1) is 6.54 Å². The lowest BCUT2D eigenvalue weighted by Crippen LogP contribution is -2.35. The first-order valence-corrected chi connectivity index (χ1v) is 7.15. The number of carbonyl (C=O) groups excluding carboxylic acids is 1. The van der Waals surface area contributed by atoms with E-state index in [9.17, 15) is 4.79 Å². The predicted molar refractivity (Wildman–Crippen MR) is 72.1 cm³/mol. The Morgan fingerprint density at radius 1 is 1.47 bits per heavy atom. The van der Waals surface area contributed by atoms with Gasteiger partial charge in [-0.05, 0) is 25.7 Å². The third kappa shape index (κ3) is 3.77. The Balaban J connectivity index is 1.76. The highest BCUT2D eigenvalue weighted by molar-refractivity contribution is 8.14. The summed E-state index contributed by atoms with van der Waals surface area (Å²) in [6.45, 7) is 2.90. The molecule has 0 aromatic rings. The second-order valence-electron chi connectivity index (χ2n) is 4.50. The number of nitrogens with zero attached hydrogens (tertiary/aromatic N) is 1. The smallest absolute Gasteiger partial charge is 0.314 e. The van der Waals surface area contributed by atoms with Gasteiger partial charge in [-0.3, -0.25) is 10.3 Å². The summed E-state index contributed by atoms with van der Waals surface area (Å²) in [5.41, 5.74) is 1.28. The lowest BCUT2D eigenvalue weighted by atomic mass is 10.0. The predicted octanol–water partition coefficient (Wildman–Crippen LogP) is 2.48. The zero-order chi connectivity index (χ0) is 12.1. The number of amidine groups is 1. The summed E-state index contributed by atoms with van der Waals surface area (Å²) in [6.07, 6.45) is 6.98. The molecule has 17 heavy (non-hydrogen) atoms. The quantitative estimate of drug-likeness (QED) is 0.794. The van der Waals surface area contributed by atoms with Crippen molar-refractivity contribution in [3.05, 3.63) is 11.8 Å². The van der Waals surface area contributed by atoms with Crippen LogP contribution in [0.1, 0.15) is 32.6 Å². The van der Waals surface area contributed by atoms with Crippen LogP contribution in [-0.2, 0) is 0 Å². The summed E-state index contributed by atoms with van der Waals surface area (Å²) in [5.74, 6) is 1.63. The molecule has 2 N–H and O–H groups in total. The number of aliphatic imine (C=N–C) groups is 1. The van der Waals surface area contributed by atoms with Gasteiger partial charge in [0.15, 0.2) is 5.17 Å². The topological polar surface area (TPSA) is 53.5 Å². The molecule has 0 spiro atoms. The Bertz CT molecular complexity index is 346. The van der Waals surface area contributed by atoms with E-state index in [4.69, 9.17) is 0 Å². The molecule has 2 rings (SSSR count). The molecule has 1 saturated carbocycles. The fourth-order valence-corrected chi connectivity index (χ4v) is 2.95. The van der Waals surface area contributed by atoms with Gasteiger partial charge < -0.3 is 5.32 Å². The van der Waals surface area contributed by atoms with Crippen molar-refractivity contribution in [1.29, 1.82) is 0 Å². The molecule has 0 unspecified atom stereocenters. The molecule has 4 nitrogen and oxygen atoms in total. The summed E-state index contributed by atoms with van der Waals surface area (Å²) in [6, 6.07) is -0.185. The summed E-state index contributed by atoms with van der Waals surface area (Å²) >= 11 is 1.59. The van der Waals surface area contributed by atoms with Crippen LogP contribution in [0.15, 0.2) is 16.8 Å². The van der Waals surface area contributed by atoms with E-state index >= 15 is 0 Å². The third-order valence-electron chi connectivity index (χ3n) is 3.24. The molecular weight excluding hydrogens is 234 g/mol. The molecule has 94 valence electrons. The number of allylic oxidation sites excluding steroid dienone is 1. The molecule has 0 saturated heterocycles. The van der Waals surface area contributed by atoms with E-state index in [0.717, 1.165) is 17.5 Å². The first kappa shape index (κ1) is 12.5. The van der Waals surface area contributed by atoms with E-state index in [-0.39, 0.29) is 6.03 Å². The lowest BCUT2D eigenvalue weighted by molar-refractivity contribution is 0.248. The second-order valence-corrected chi connectivity index (χ2v) is 5.59. The second kappa shape index (κ2) is 6.10. The third-order valence-corrected chi connectivity index (χ3v) is 4.13. The fourth-order valence-electron chi connectivity index (χ4n) is 2.22. The van der Waals surface area contributed by atoms with Crippen LogP contribution in [0.5, 0.6) is 0 Å². The summed E-state index contributed by atoms with van der Waals surface area (Å²) in [5, 5.41) is 6.25. The van der Waals surface area contributed by atoms with E-state index in [1.165, 1.54) is 31.3 Å². The van der Waals surface area contributed by atoms with Crippen molar-refractivity contribution in [2.24, 2.45) is 10.9 Å². The highest BCUT2D eigenvalue weighted by Gasteiger charge is 2.16. The van der Waals surface area contributed by atoms with Crippen molar-refractivity contribution < 1.29 is 4.79 Å². The number of amides is 2. The van der Waals surface area contributed by atoms with E-state index in [1.54, 1.807) is 11.8 Å². The minimum atomic E-state index is -0.185. The normalized spacial score (nSPS) is 21.5. The first-order valence-electron chi connectivity index (χ1n) is 6.17. The first-order chi connectivity index (χ1) is 8.25. The lowest BCUT2D eigenvalue weighted by Gasteiger charge is -2.10. The molecule has 0 bridgehead atoms. The van der Waals surface area contributed by atoms with Gasteiger partial charge in [0.25, 0.3) is 0 Å². The minimum absolute atomic E-state index is 0.185. The highest BCUT2D eigenvalue weighted by atomic mass is 32.2. The van der Waals surface area contributed by atoms with Gasteiger partial charge in [0, 0.05) is 12.0 Å². The molecule has 1 aliphatic heterocycles. The van der Waals surface area contributed by atoms with Crippen molar-refractivity contribution in [2.45, 2.75) is 32.6 Å². The number of hydrogen-bond donors (Lipinski definition) is 2. The minimum Gasteiger partial charge on any atom is -0.314 e. The summed E-state index contributed by atoms with van der Waals surface area (Å²) < 4.78 is 0. The molecule has 1 aliphatic carbocycles. The van der Waals surface area contributed by atoms with Crippen LogP contribution in [0.2, 0.25) is 0 Å². The van der Waals surface area contributed by atoms with E-state index in [0.29, 0.717) is 5.92 Å². The SMILES string of the molecule is C/C(=C\NC(=O)NC1=NCCS1)C1CCCC1. The largest absolute Gasteiger partial charge is 0.324 e. The standard InChI is InChI=1S/C12H19N3OS/c1-9(10-4-2-3-5-10)8-14-11(16)15-12-13-6-7-17-12/h8,10H,2-7H2,1H3,(H2,13,14,15,16)/b9-8+. The molecule has 5 heteroatoms. The molecular formula is C12H19N3OS. The van der Waals surface area contributed by atoms with Crippen LogP contribution < -0.4 is 10.6 Å². The zero-order valence-electron chi connectivity index (χ0n) is 10.2. The Morgan fingerprint density at radius 3 is 2.88 bits per heavy atom. The van der Waals surface area contributed by atoms with Gasteiger partial charge in [-0.2, -0.15) is 0 Å². The van der Waals surface area contributed by atoms with Gasteiger partial charge >= 0.3 is 6.03 Å². The van der Waals surface area contributed by atoms with Crippen LogP contribution in [0.4, 0.5) is 4.79 Å². The van der Waals surface area contributed by atoms with Crippen molar-refractivity contribution in [3.8, 4) is 0 Å². The van der Waals surface area contributed by atoms with Gasteiger partial charge in [-0.1, -0.05) is 30.2 Å². The van der Waals surface area contributed by atoms with Gasteiger partial charge in [0.1, 0.15) is 0 Å². The highest BCUT2D eigenvalue weighted by Crippen LogP contribution is 2.30. The van der Waals surface area contributed by atoms with E-state index < -0.39 is 0 Å². The van der Waals surface area contributed by atoms with Crippen molar-refractivity contribution in [1.82, 2.24) is 10.6 Å². The molecule has 2 amide bonds. The fraction of sp³-hybridized carbons (Fsp3) is 0.667. The summed E-state index contributed by atoms with van der Waals surface area (Å²) in [4.78, 5) is 15.7. The van der Waals surface area contributed by atoms with Gasteiger partial charge in [-0.25, -0.2) is 4.79 Å². The molecule has 0 radical (unpaired) electrons. The Morgan fingerprint density at radius 2 is 2.24 bits per heavy atom. The van der Waals surface area contributed by atoms with Crippen LogP contribution >= 0.6 is 11.8 Å². The molecule has 1 heterocycles. The van der Waals surface area contributed by atoms with Gasteiger partial charge in [0.2, 0.25) is 0 Å². The van der Waals surface area contributed by atoms with Crippen molar-refractivity contribution >= 4 is 23.0 Å². The molecule has 0 aromatic carbocycles. The number of nitrogens with one attached hydrogen (secondary N) is 2. The summed E-state index contributed by atoms with van der Waals surface area (Å²) in [7, 11) is 0. The number of urea groups is 1. The van der Waals surface area contributed by atoms with Crippen LogP contribution in [0.25, 0.3) is 0 Å². The number of hydrogen-bond acceptors (Lipinski definition) is 3. The average molecular weight is 253 g/mol. The van der Waals surface area contributed by atoms with E-state index in [1.807, 2.05) is 6.20 Å². The maximum Gasteiger partial charge on any atom is 0.324 e. The molecule has 0 atom stereocenters. The Kier molecular flexibility index (Phi) is 4.48. The number of thioether (sulfide) groups is 1. The van der Waals surface area contributed by atoms with Crippen molar-refractivity contribution in [3.63, 3.8) is 0 Å². The maximum absolute atomic E-state index is 11.6. The molecule has 2 aliphatic rings. The average Bonchev–Trinajstić information content (AvgIpc) is 2.97. The Hall–Kier alpha value is -0.970. The number of rotatable bonds is 2. The zero-order valence-corrected chi connectivity index (χ0v) is 11.0. The van der Waals surface area contributed by atoms with Crippen LogP contribution in [-0.4, -0.2) is 23.5 Å². The van der Waals surface area contributed by atoms with Crippen LogP contribution in [0.3, 0.4) is 0 Å². The van der Waals surface area contributed by atoms with Crippen LogP contribution in [0, 0.1) is 5.92 Å². The maximum atomic E-state index is 11.6.